The Labute approximate surface area is 76.2 Å². The van der Waals surface area contributed by atoms with Crippen molar-refractivity contribution < 1.29 is 5.11 Å². The van der Waals surface area contributed by atoms with Gasteiger partial charge in [0.1, 0.15) is 0 Å². The number of hydrogen-bond donors (Lipinski definition) is 1. The number of hydrogen-bond acceptors (Lipinski definition) is 1. The van der Waals surface area contributed by atoms with Gasteiger partial charge < -0.3 is 5.11 Å². The molecule has 0 aromatic carbocycles. The first-order valence-electron chi connectivity index (χ1n) is 5.32. The van der Waals surface area contributed by atoms with E-state index >= 15 is 0 Å². The van der Waals surface area contributed by atoms with Gasteiger partial charge in [-0.25, -0.2) is 0 Å². The van der Waals surface area contributed by atoms with Crippen LogP contribution in [0, 0.1) is 12.3 Å². The Balaban J connectivity index is 2.05. The van der Waals surface area contributed by atoms with E-state index in [9.17, 15) is 5.11 Å². The van der Waals surface area contributed by atoms with Gasteiger partial charge in [0.05, 0.1) is 6.10 Å². The summed E-state index contributed by atoms with van der Waals surface area (Å²) in [6, 6.07) is 0. The molecule has 0 aromatic heterocycles. The third-order valence-corrected chi connectivity index (χ3v) is 2.90. The van der Waals surface area contributed by atoms with Crippen LogP contribution < -0.4 is 0 Å². The van der Waals surface area contributed by atoms with E-state index in [0.717, 1.165) is 18.8 Å². The van der Waals surface area contributed by atoms with Crippen molar-refractivity contribution in [1.29, 1.82) is 0 Å². The highest BCUT2D eigenvalue weighted by Gasteiger charge is 2.14. The lowest BCUT2D eigenvalue weighted by Crippen LogP contribution is -2.11. The van der Waals surface area contributed by atoms with Crippen LogP contribution in [0.2, 0.25) is 0 Å². The maximum Gasteiger partial charge on any atom is 0.0537 e. The lowest BCUT2D eigenvalue weighted by atomic mass is 9.85. The summed E-state index contributed by atoms with van der Waals surface area (Å²) in [7, 11) is 0. The molecular weight excluding hydrogens is 148 g/mol. The second-order valence-corrected chi connectivity index (χ2v) is 3.96. The fourth-order valence-electron chi connectivity index (χ4n) is 1.92. The number of rotatable bonds is 4. The predicted octanol–water partition coefficient (Wildman–Crippen LogP) is 2.93. The van der Waals surface area contributed by atoms with Crippen molar-refractivity contribution in [2.24, 2.45) is 5.92 Å². The van der Waals surface area contributed by atoms with Crippen LogP contribution >= 0.6 is 0 Å². The molecule has 1 radical (unpaired) electrons. The summed E-state index contributed by atoms with van der Waals surface area (Å²) in [5, 5.41) is 9.38. The zero-order valence-electron chi connectivity index (χ0n) is 8.13. The van der Waals surface area contributed by atoms with Crippen LogP contribution in [0.1, 0.15) is 51.9 Å². The Morgan fingerprint density at radius 2 is 2.42 bits per heavy atom. The standard InChI is InChI=1S/C11H21O/c1-2-11(12)9-8-10-6-4-3-5-7-10/h4,10-12H,2-3,5-9H2,1H3. The molecule has 0 aliphatic heterocycles. The molecule has 2 atom stereocenters. The normalized spacial score (nSPS) is 22.5. The van der Waals surface area contributed by atoms with Gasteiger partial charge in [-0.2, -0.15) is 0 Å². The first kappa shape index (κ1) is 10.0. The van der Waals surface area contributed by atoms with Crippen LogP contribution in [0.15, 0.2) is 0 Å². The van der Waals surface area contributed by atoms with Crippen molar-refractivity contribution in [3.05, 3.63) is 6.42 Å². The monoisotopic (exact) mass is 169 g/mol. The molecule has 0 saturated heterocycles. The van der Waals surface area contributed by atoms with Crippen molar-refractivity contribution in [2.45, 2.75) is 58.0 Å². The van der Waals surface area contributed by atoms with Crippen molar-refractivity contribution in [1.82, 2.24) is 0 Å². The second kappa shape index (κ2) is 5.58. The molecular formula is C11H21O. The molecule has 0 spiro atoms. The van der Waals surface area contributed by atoms with Crippen molar-refractivity contribution in [3.63, 3.8) is 0 Å². The molecule has 0 amide bonds. The fraction of sp³-hybridized carbons (Fsp3) is 0.909. The quantitative estimate of drug-likeness (QED) is 0.686. The second-order valence-electron chi connectivity index (χ2n) is 3.96. The van der Waals surface area contributed by atoms with Gasteiger partial charge in [0.2, 0.25) is 0 Å². The van der Waals surface area contributed by atoms with E-state index in [1.54, 1.807) is 0 Å². The zero-order valence-corrected chi connectivity index (χ0v) is 8.13. The molecule has 1 saturated carbocycles. The topological polar surface area (TPSA) is 20.2 Å². The van der Waals surface area contributed by atoms with Crippen molar-refractivity contribution >= 4 is 0 Å². The van der Waals surface area contributed by atoms with Gasteiger partial charge >= 0.3 is 0 Å². The first-order chi connectivity index (χ1) is 5.83. The van der Waals surface area contributed by atoms with Crippen LogP contribution in [0.25, 0.3) is 0 Å². The lowest BCUT2D eigenvalue weighted by Gasteiger charge is -2.22. The molecule has 1 rings (SSSR count). The molecule has 1 fully saturated rings. The van der Waals surface area contributed by atoms with E-state index in [4.69, 9.17) is 0 Å². The molecule has 1 heteroatoms. The molecule has 0 aromatic rings. The largest absolute Gasteiger partial charge is 0.393 e. The van der Waals surface area contributed by atoms with E-state index < -0.39 is 0 Å². The Morgan fingerprint density at radius 3 is 3.00 bits per heavy atom. The smallest absolute Gasteiger partial charge is 0.0537 e. The summed E-state index contributed by atoms with van der Waals surface area (Å²) in [6.45, 7) is 2.05. The summed E-state index contributed by atoms with van der Waals surface area (Å²) in [4.78, 5) is 0. The number of aliphatic hydroxyl groups is 1. The minimum absolute atomic E-state index is 0.0491. The molecule has 1 aliphatic carbocycles. The summed E-state index contributed by atoms with van der Waals surface area (Å²) >= 11 is 0. The minimum atomic E-state index is -0.0491. The molecule has 2 unspecified atom stereocenters. The summed E-state index contributed by atoms with van der Waals surface area (Å²) in [6.07, 6.45) is 10.9. The highest BCUT2D eigenvalue weighted by Crippen LogP contribution is 2.27. The Hall–Kier alpha value is -0.0400. The third-order valence-electron chi connectivity index (χ3n) is 2.90. The van der Waals surface area contributed by atoms with Gasteiger partial charge in [-0.3, -0.25) is 0 Å². The van der Waals surface area contributed by atoms with Crippen molar-refractivity contribution in [2.75, 3.05) is 0 Å². The molecule has 71 valence electrons. The molecule has 0 bridgehead atoms. The highest BCUT2D eigenvalue weighted by atomic mass is 16.3. The lowest BCUT2D eigenvalue weighted by molar-refractivity contribution is 0.147. The van der Waals surface area contributed by atoms with Gasteiger partial charge in [0.25, 0.3) is 0 Å². The summed E-state index contributed by atoms with van der Waals surface area (Å²) in [5.41, 5.74) is 0. The average Bonchev–Trinajstić information content (AvgIpc) is 2.16. The Kier molecular flexibility index (Phi) is 4.67. The molecule has 1 N–H and O–H groups in total. The van der Waals surface area contributed by atoms with E-state index in [0.29, 0.717) is 0 Å². The van der Waals surface area contributed by atoms with Crippen LogP contribution in [-0.2, 0) is 0 Å². The minimum Gasteiger partial charge on any atom is -0.393 e. The third kappa shape index (κ3) is 3.57. The van der Waals surface area contributed by atoms with Gasteiger partial charge in [-0.1, -0.05) is 26.2 Å². The highest BCUT2D eigenvalue weighted by molar-refractivity contribution is 4.77. The van der Waals surface area contributed by atoms with E-state index in [-0.39, 0.29) is 6.10 Å². The molecule has 12 heavy (non-hydrogen) atoms. The molecule has 1 aliphatic rings. The van der Waals surface area contributed by atoms with E-state index in [1.165, 1.54) is 32.1 Å². The Bertz CT molecular complexity index is 106. The van der Waals surface area contributed by atoms with Gasteiger partial charge in [0, 0.05) is 0 Å². The average molecular weight is 169 g/mol. The predicted molar refractivity (Wildman–Crippen MR) is 51.8 cm³/mol. The zero-order chi connectivity index (χ0) is 8.81. The van der Waals surface area contributed by atoms with Crippen LogP contribution in [0.4, 0.5) is 0 Å². The van der Waals surface area contributed by atoms with E-state index in [1.807, 2.05) is 0 Å². The molecule has 0 heterocycles. The fourth-order valence-corrected chi connectivity index (χ4v) is 1.92. The van der Waals surface area contributed by atoms with Gasteiger partial charge in [-0.05, 0) is 38.0 Å². The first-order valence-corrected chi connectivity index (χ1v) is 5.32. The van der Waals surface area contributed by atoms with Gasteiger partial charge in [0.15, 0.2) is 0 Å². The van der Waals surface area contributed by atoms with Crippen LogP contribution in [0.5, 0.6) is 0 Å². The van der Waals surface area contributed by atoms with Crippen LogP contribution in [-0.4, -0.2) is 11.2 Å². The number of aliphatic hydroxyl groups excluding tert-OH is 1. The van der Waals surface area contributed by atoms with E-state index in [2.05, 4.69) is 13.3 Å². The summed E-state index contributed by atoms with van der Waals surface area (Å²) < 4.78 is 0. The SMILES string of the molecule is CCC(O)CCC1C[CH]CCC1. The van der Waals surface area contributed by atoms with Crippen molar-refractivity contribution in [3.8, 4) is 0 Å². The Morgan fingerprint density at radius 1 is 1.58 bits per heavy atom. The summed E-state index contributed by atoms with van der Waals surface area (Å²) in [5.74, 6) is 0.875. The maximum absolute atomic E-state index is 9.38. The maximum atomic E-state index is 9.38. The molecule has 1 nitrogen and oxygen atoms in total. The van der Waals surface area contributed by atoms with Gasteiger partial charge in [-0.15, -0.1) is 0 Å². The van der Waals surface area contributed by atoms with Crippen LogP contribution in [0.3, 0.4) is 0 Å².